The molecule has 1 saturated heterocycles. The van der Waals surface area contributed by atoms with Crippen molar-refractivity contribution in [1.29, 1.82) is 0 Å². The first-order valence-electron chi connectivity index (χ1n) is 9.00. The van der Waals surface area contributed by atoms with Gasteiger partial charge in [0.1, 0.15) is 18.0 Å². The Labute approximate surface area is 152 Å². The van der Waals surface area contributed by atoms with E-state index in [0.717, 1.165) is 54.4 Å². The van der Waals surface area contributed by atoms with Crippen LogP contribution in [0.4, 0.5) is 4.39 Å². The van der Waals surface area contributed by atoms with Crippen LogP contribution < -0.4 is 0 Å². The number of aryl methyl sites for hydroxylation is 2. The lowest BCUT2D eigenvalue weighted by Gasteiger charge is -2.32. The molecule has 1 unspecified atom stereocenters. The Morgan fingerprint density at radius 3 is 2.88 bits per heavy atom. The van der Waals surface area contributed by atoms with Crippen LogP contribution in [0.1, 0.15) is 41.5 Å². The minimum atomic E-state index is -0.214. The van der Waals surface area contributed by atoms with Crippen LogP contribution in [-0.2, 0) is 6.54 Å². The molecule has 2 aromatic heterocycles. The zero-order valence-electron chi connectivity index (χ0n) is 15.1. The standard InChI is InChI=1S/C19H23FN6/c1-13-8-14(2)26(24-13)18-6-5-17(20)9-16(18)11-25-7-3-4-15(10-25)19-21-12-22-23-19/h5-6,8-9,12,15H,3-4,7,10-11H2,1-2H3,(H,21,22,23). The van der Waals surface area contributed by atoms with Gasteiger partial charge < -0.3 is 0 Å². The van der Waals surface area contributed by atoms with Crippen LogP contribution in [-0.4, -0.2) is 43.0 Å². The molecule has 1 aliphatic heterocycles. The maximum absolute atomic E-state index is 14.0. The Morgan fingerprint density at radius 2 is 2.15 bits per heavy atom. The normalized spacial score (nSPS) is 18.3. The Kier molecular flexibility index (Phi) is 4.55. The van der Waals surface area contributed by atoms with Crippen LogP contribution in [0.5, 0.6) is 0 Å². The number of nitrogens with zero attached hydrogens (tertiary/aromatic N) is 5. The summed E-state index contributed by atoms with van der Waals surface area (Å²) in [5.41, 5.74) is 3.91. The van der Waals surface area contributed by atoms with Crippen LogP contribution in [0, 0.1) is 19.7 Å². The van der Waals surface area contributed by atoms with Gasteiger partial charge in [-0.2, -0.15) is 10.2 Å². The molecular formula is C19H23FN6. The quantitative estimate of drug-likeness (QED) is 0.782. The molecule has 7 heteroatoms. The van der Waals surface area contributed by atoms with Gasteiger partial charge in [-0.3, -0.25) is 10.00 Å². The molecule has 26 heavy (non-hydrogen) atoms. The fourth-order valence-corrected chi connectivity index (χ4v) is 3.84. The number of hydrogen-bond acceptors (Lipinski definition) is 4. The second kappa shape index (κ2) is 6.99. The summed E-state index contributed by atoms with van der Waals surface area (Å²) < 4.78 is 15.9. The number of aromatic nitrogens is 5. The van der Waals surface area contributed by atoms with Crippen molar-refractivity contribution in [1.82, 2.24) is 29.9 Å². The summed E-state index contributed by atoms with van der Waals surface area (Å²) >= 11 is 0. The molecule has 1 aromatic carbocycles. The molecule has 0 bridgehead atoms. The number of nitrogens with one attached hydrogen (secondary N) is 1. The van der Waals surface area contributed by atoms with Crippen LogP contribution >= 0.6 is 0 Å². The zero-order valence-corrected chi connectivity index (χ0v) is 15.1. The number of H-pyrrole nitrogens is 1. The van der Waals surface area contributed by atoms with Gasteiger partial charge >= 0.3 is 0 Å². The van der Waals surface area contributed by atoms with Gasteiger partial charge in [0, 0.05) is 24.7 Å². The monoisotopic (exact) mass is 354 g/mol. The SMILES string of the molecule is Cc1cc(C)n(-c2ccc(F)cc2CN2CCCC(c3ncn[nH]3)C2)n1. The molecule has 1 aliphatic rings. The molecule has 0 radical (unpaired) electrons. The Balaban J connectivity index is 1.59. The van der Waals surface area contributed by atoms with Crippen molar-refractivity contribution in [3.63, 3.8) is 0 Å². The van der Waals surface area contributed by atoms with E-state index in [1.807, 2.05) is 30.7 Å². The number of likely N-dealkylation sites (tertiary alicyclic amines) is 1. The van der Waals surface area contributed by atoms with Gasteiger partial charge in [0.15, 0.2) is 0 Å². The van der Waals surface area contributed by atoms with Crippen molar-refractivity contribution in [2.24, 2.45) is 0 Å². The fourth-order valence-electron chi connectivity index (χ4n) is 3.84. The number of aromatic amines is 1. The highest BCUT2D eigenvalue weighted by molar-refractivity contribution is 5.42. The summed E-state index contributed by atoms with van der Waals surface area (Å²) in [5.74, 6) is 1.07. The second-order valence-electron chi connectivity index (χ2n) is 7.06. The summed E-state index contributed by atoms with van der Waals surface area (Å²) in [6, 6.07) is 6.99. The van der Waals surface area contributed by atoms with Gasteiger partial charge in [-0.1, -0.05) is 0 Å². The molecule has 6 nitrogen and oxygen atoms in total. The Morgan fingerprint density at radius 1 is 1.27 bits per heavy atom. The number of benzene rings is 1. The summed E-state index contributed by atoms with van der Waals surface area (Å²) in [5, 5.41) is 11.5. The first kappa shape index (κ1) is 16.9. The summed E-state index contributed by atoms with van der Waals surface area (Å²) in [4.78, 5) is 6.67. The van der Waals surface area contributed by atoms with E-state index in [2.05, 4.69) is 25.2 Å². The maximum atomic E-state index is 14.0. The van der Waals surface area contributed by atoms with Crippen LogP contribution in [0.3, 0.4) is 0 Å². The third-order valence-electron chi connectivity index (χ3n) is 5.00. The molecule has 4 rings (SSSR count). The largest absolute Gasteiger partial charge is 0.298 e. The fraction of sp³-hybridized carbons (Fsp3) is 0.421. The number of rotatable bonds is 4. The molecule has 1 fully saturated rings. The van der Waals surface area contributed by atoms with Crippen molar-refractivity contribution in [2.45, 2.75) is 39.2 Å². The van der Waals surface area contributed by atoms with Crippen LogP contribution in [0.25, 0.3) is 5.69 Å². The molecule has 0 aliphatic carbocycles. The third-order valence-corrected chi connectivity index (χ3v) is 5.00. The third kappa shape index (κ3) is 3.39. The Hall–Kier alpha value is -2.54. The van der Waals surface area contributed by atoms with Crippen molar-refractivity contribution in [3.8, 4) is 5.69 Å². The minimum Gasteiger partial charge on any atom is -0.298 e. The summed E-state index contributed by atoms with van der Waals surface area (Å²) in [7, 11) is 0. The van der Waals surface area contributed by atoms with Crippen molar-refractivity contribution in [2.75, 3.05) is 13.1 Å². The molecule has 0 spiro atoms. The summed E-state index contributed by atoms with van der Waals surface area (Å²) in [6.07, 6.45) is 3.75. The van der Waals surface area contributed by atoms with Crippen LogP contribution in [0.2, 0.25) is 0 Å². The van der Waals surface area contributed by atoms with Gasteiger partial charge in [-0.15, -0.1) is 0 Å². The highest BCUT2D eigenvalue weighted by Gasteiger charge is 2.24. The predicted molar refractivity (Wildman–Crippen MR) is 96.6 cm³/mol. The van der Waals surface area contributed by atoms with E-state index in [4.69, 9.17) is 0 Å². The second-order valence-corrected chi connectivity index (χ2v) is 7.06. The van der Waals surface area contributed by atoms with Gasteiger partial charge in [0.2, 0.25) is 0 Å². The highest BCUT2D eigenvalue weighted by Crippen LogP contribution is 2.27. The van der Waals surface area contributed by atoms with Gasteiger partial charge in [-0.25, -0.2) is 14.1 Å². The Bertz CT molecular complexity index is 886. The van der Waals surface area contributed by atoms with Crippen molar-refractivity contribution >= 4 is 0 Å². The van der Waals surface area contributed by atoms with E-state index in [1.54, 1.807) is 12.4 Å². The van der Waals surface area contributed by atoms with E-state index in [-0.39, 0.29) is 5.82 Å². The molecular weight excluding hydrogens is 331 g/mol. The molecule has 3 aromatic rings. The molecule has 0 saturated carbocycles. The molecule has 3 heterocycles. The molecule has 136 valence electrons. The topological polar surface area (TPSA) is 62.6 Å². The maximum Gasteiger partial charge on any atom is 0.137 e. The molecule has 1 atom stereocenters. The first-order valence-corrected chi connectivity index (χ1v) is 9.00. The van der Waals surface area contributed by atoms with Crippen molar-refractivity contribution < 1.29 is 4.39 Å². The van der Waals surface area contributed by atoms with Crippen molar-refractivity contribution in [3.05, 3.63) is 59.2 Å². The smallest absolute Gasteiger partial charge is 0.137 e. The van der Waals surface area contributed by atoms with E-state index in [1.165, 1.54) is 6.07 Å². The number of piperidine rings is 1. The van der Waals surface area contributed by atoms with Gasteiger partial charge in [0.25, 0.3) is 0 Å². The molecule has 1 N–H and O–H groups in total. The van der Waals surface area contributed by atoms with E-state index in [0.29, 0.717) is 12.5 Å². The average molecular weight is 354 g/mol. The lowest BCUT2D eigenvalue weighted by atomic mass is 9.97. The van der Waals surface area contributed by atoms with E-state index >= 15 is 0 Å². The number of halogens is 1. The highest BCUT2D eigenvalue weighted by atomic mass is 19.1. The first-order chi connectivity index (χ1) is 12.6. The van der Waals surface area contributed by atoms with Gasteiger partial charge in [-0.05, 0) is 63.1 Å². The summed E-state index contributed by atoms with van der Waals surface area (Å²) in [6.45, 7) is 6.57. The lowest BCUT2D eigenvalue weighted by molar-refractivity contribution is 0.196. The zero-order chi connectivity index (χ0) is 18.1. The number of hydrogen-bond donors (Lipinski definition) is 1. The predicted octanol–water partition coefficient (Wildman–Crippen LogP) is 3.13. The van der Waals surface area contributed by atoms with E-state index in [9.17, 15) is 4.39 Å². The van der Waals surface area contributed by atoms with E-state index < -0.39 is 0 Å². The average Bonchev–Trinajstić information content (AvgIpc) is 3.25. The van der Waals surface area contributed by atoms with Crippen LogP contribution in [0.15, 0.2) is 30.6 Å². The molecule has 0 amide bonds. The lowest BCUT2D eigenvalue weighted by Crippen LogP contribution is -2.34. The minimum absolute atomic E-state index is 0.214. The van der Waals surface area contributed by atoms with Gasteiger partial charge in [0.05, 0.1) is 11.4 Å².